The van der Waals surface area contributed by atoms with Crippen LogP contribution in [-0.4, -0.2) is 19.8 Å². The molecule has 0 bridgehead atoms. The number of benzene rings is 1. The normalized spacial score (nSPS) is 13.7. The van der Waals surface area contributed by atoms with Crippen molar-refractivity contribution in [2.75, 3.05) is 14.2 Å². The molecule has 1 atom stereocenters. The first-order chi connectivity index (χ1) is 8.39. The lowest BCUT2D eigenvalue weighted by Crippen LogP contribution is -2.26. The molecule has 0 spiro atoms. The molecular formula is C14H21F2NO. The van der Waals surface area contributed by atoms with Gasteiger partial charge in [0.15, 0.2) is 0 Å². The summed E-state index contributed by atoms with van der Waals surface area (Å²) >= 11 is 0. The highest BCUT2D eigenvalue weighted by molar-refractivity contribution is 5.22. The summed E-state index contributed by atoms with van der Waals surface area (Å²) in [5, 5.41) is 3.02. The van der Waals surface area contributed by atoms with E-state index in [9.17, 15) is 8.78 Å². The molecule has 0 aliphatic heterocycles. The van der Waals surface area contributed by atoms with Gasteiger partial charge < -0.3 is 10.1 Å². The maximum absolute atomic E-state index is 13.7. The van der Waals surface area contributed by atoms with Crippen molar-refractivity contribution in [1.29, 1.82) is 0 Å². The van der Waals surface area contributed by atoms with Crippen molar-refractivity contribution in [1.82, 2.24) is 5.32 Å². The summed E-state index contributed by atoms with van der Waals surface area (Å²) < 4.78 is 32.2. The van der Waals surface area contributed by atoms with Gasteiger partial charge in [-0.3, -0.25) is 0 Å². The van der Waals surface area contributed by atoms with Crippen LogP contribution < -0.4 is 5.32 Å². The highest BCUT2D eigenvalue weighted by atomic mass is 19.1. The molecule has 18 heavy (non-hydrogen) atoms. The SMILES string of the molecule is CNC(CCC(C)(C)OC)c1cc(F)ccc1F. The third-order valence-corrected chi connectivity index (χ3v) is 3.27. The van der Waals surface area contributed by atoms with E-state index in [1.54, 1.807) is 14.2 Å². The van der Waals surface area contributed by atoms with E-state index in [1.165, 1.54) is 6.07 Å². The molecule has 0 aliphatic carbocycles. The number of methoxy groups -OCH3 is 1. The van der Waals surface area contributed by atoms with Gasteiger partial charge in [0.2, 0.25) is 0 Å². The lowest BCUT2D eigenvalue weighted by atomic mass is 9.94. The summed E-state index contributed by atoms with van der Waals surface area (Å²) in [4.78, 5) is 0. The van der Waals surface area contributed by atoms with Crippen LogP contribution in [0, 0.1) is 11.6 Å². The Kier molecular flexibility index (Phi) is 5.23. The maximum Gasteiger partial charge on any atom is 0.128 e. The van der Waals surface area contributed by atoms with Gasteiger partial charge in [0, 0.05) is 18.7 Å². The Morgan fingerprint density at radius 1 is 1.33 bits per heavy atom. The molecule has 102 valence electrons. The fourth-order valence-corrected chi connectivity index (χ4v) is 1.83. The minimum atomic E-state index is -0.419. The van der Waals surface area contributed by atoms with Gasteiger partial charge in [0.05, 0.1) is 5.60 Å². The fourth-order valence-electron chi connectivity index (χ4n) is 1.83. The van der Waals surface area contributed by atoms with Crippen LogP contribution in [0.4, 0.5) is 8.78 Å². The van der Waals surface area contributed by atoms with Crippen LogP contribution in [0.1, 0.15) is 38.3 Å². The summed E-state index contributed by atoms with van der Waals surface area (Å²) in [5.41, 5.74) is 0.100. The van der Waals surface area contributed by atoms with Crippen molar-refractivity contribution in [3.05, 3.63) is 35.4 Å². The number of hydrogen-bond donors (Lipinski definition) is 1. The molecule has 0 amide bonds. The predicted molar refractivity (Wildman–Crippen MR) is 68.5 cm³/mol. The first kappa shape index (κ1) is 15.1. The zero-order chi connectivity index (χ0) is 13.8. The summed E-state index contributed by atoms with van der Waals surface area (Å²) in [5.74, 6) is -0.802. The van der Waals surface area contributed by atoms with Crippen molar-refractivity contribution in [3.63, 3.8) is 0 Å². The molecule has 2 nitrogen and oxygen atoms in total. The third-order valence-electron chi connectivity index (χ3n) is 3.27. The summed E-state index contributed by atoms with van der Waals surface area (Å²) in [7, 11) is 3.39. The lowest BCUT2D eigenvalue weighted by Gasteiger charge is -2.26. The van der Waals surface area contributed by atoms with E-state index < -0.39 is 5.82 Å². The van der Waals surface area contributed by atoms with E-state index in [4.69, 9.17) is 4.74 Å². The molecule has 0 saturated heterocycles. The van der Waals surface area contributed by atoms with Crippen LogP contribution in [0.2, 0.25) is 0 Å². The average molecular weight is 257 g/mol. The number of halogens is 2. The van der Waals surface area contributed by atoms with Gasteiger partial charge in [0.25, 0.3) is 0 Å². The second-order valence-corrected chi connectivity index (χ2v) is 5.01. The summed E-state index contributed by atoms with van der Waals surface area (Å²) in [6.45, 7) is 3.95. The molecule has 0 heterocycles. The molecule has 1 N–H and O–H groups in total. The van der Waals surface area contributed by atoms with Crippen molar-refractivity contribution < 1.29 is 13.5 Å². The van der Waals surface area contributed by atoms with Gasteiger partial charge in [-0.05, 0) is 51.9 Å². The Morgan fingerprint density at radius 3 is 2.56 bits per heavy atom. The lowest BCUT2D eigenvalue weighted by molar-refractivity contribution is 0.0117. The number of nitrogens with one attached hydrogen (secondary N) is 1. The Morgan fingerprint density at radius 2 is 2.00 bits per heavy atom. The van der Waals surface area contributed by atoms with Crippen molar-refractivity contribution in [2.24, 2.45) is 0 Å². The molecule has 1 aromatic carbocycles. The van der Waals surface area contributed by atoms with E-state index in [2.05, 4.69) is 5.32 Å². The minimum absolute atomic E-state index is 0.213. The number of rotatable bonds is 6. The Bertz CT molecular complexity index is 393. The van der Waals surface area contributed by atoms with Crippen LogP contribution in [-0.2, 0) is 4.74 Å². The minimum Gasteiger partial charge on any atom is -0.379 e. The van der Waals surface area contributed by atoms with Gasteiger partial charge in [-0.1, -0.05) is 0 Å². The van der Waals surface area contributed by atoms with Crippen LogP contribution >= 0.6 is 0 Å². The molecule has 1 rings (SSSR count). The Labute approximate surface area is 107 Å². The van der Waals surface area contributed by atoms with E-state index in [0.717, 1.165) is 18.6 Å². The van der Waals surface area contributed by atoms with Gasteiger partial charge in [-0.15, -0.1) is 0 Å². The number of ether oxygens (including phenoxy) is 1. The summed E-state index contributed by atoms with van der Waals surface area (Å²) in [6, 6.07) is 3.33. The van der Waals surface area contributed by atoms with E-state index in [-0.39, 0.29) is 17.5 Å². The standard InChI is InChI=1S/C14H21F2NO/c1-14(2,18-4)8-7-13(17-3)11-9-10(15)5-6-12(11)16/h5-6,9,13,17H,7-8H2,1-4H3. The molecule has 1 aromatic rings. The van der Waals surface area contributed by atoms with Crippen molar-refractivity contribution >= 4 is 0 Å². The average Bonchev–Trinajstić information content (AvgIpc) is 2.34. The molecule has 0 saturated carbocycles. The van der Waals surface area contributed by atoms with Crippen molar-refractivity contribution in [3.8, 4) is 0 Å². The molecule has 0 aliphatic rings. The largest absolute Gasteiger partial charge is 0.379 e. The monoisotopic (exact) mass is 257 g/mol. The zero-order valence-corrected chi connectivity index (χ0v) is 11.4. The first-order valence-electron chi connectivity index (χ1n) is 6.07. The molecular weight excluding hydrogens is 236 g/mol. The van der Waals surface area contributed by atoms with Crippen LogP contribution in [0.25, 0.3) is 0 Å². The Hall–Kier alpha value is -1.00. The highest BCUT2D eigenvalue weighted by Crippen LogP contribution is 2.26. The first-order valence-corrected chi connectivity index (χ1v) is 6.07. The van der Waals surface area contributed by atoms with E-state index in [1.807, 2.05) is 13.8 Å². The van der Waals surface area contributed by atoms with Gasteiger partial charge in [-0.25, -0.2) is 8.78 Å². The molecule has 4 heteroatoms. The van der Waals surface area contributed by atoms with Crippen molar-refractivity contribution in [2.45, 2.75) is 38.3 Å². The van der Waals surface area contributed by atoms with Gasteiger partial charge in [0.1, 0.15) is 11.6 Å². The zero-order valence-electron chi connectivity index (χ0n) is 11.4. The molecule has 0 radical (unpaired) electrons. The second kappa shape index (κ2) is 6.25. The Balaban J connectivity index is 2.80. The highest BCUT2D eigenvalue weighted by Gasteiger charge is 2.21. The third kappa shape index (κ3) is 4.03. The van der Waals surface area contributed by atoms with Crippen LogP contribution in [0.3, 0.4) is 0 Å². The topological polar surface area (TPSA) is 21.3 Å². The smallest absolute Gasteiger partial charge is 0.128 e. The maximum atomic E-state index is 13.7. The number of hydrogen-bond acceptors (Lipinski definition) is 2. The molecule has 0 aromatic heterocycles. The fraction of sp³-hybridized carbons (Fsp3) is 0.571. The quantitative estimate of drug-likeness (QED) is 0.843. The molecule has 0 fully saturated rings. The second-order valence-electron chi connectivity index (χ2n) is 5.01. The predicted octanol–water partition coefficient (Wildman–Crippen LogP) is 3.43. The van der Waals surface area contributed by atoms with E-state index in [0.29, 0.717) is 12.0 Å². The molecule has 1 unspecified atom stereocenters. The van der Waals surface area contributed by atoms with Crippen LogP contribution in [0.15, 0.2) is 18.2 Å². The van der Waals surface area contributed by atoms with Gasteiger partial charge >= 0.3 is 0 Å². The summed E-state index contributed by atoms with van der Waals surface area (Å²) in [6.07, 6.45) is 1.43. The van der Waals surface area contributed by atoms with E-state index >= 15 is 0 Å². The van der Waals surface area contributed by atoms with Crippen LogP contribution in [0.5, 0.6) is 0 Å². The van der Waals surface area contributed by atoms with Gasteiger partial charge in [-0.2, -0.15) is 0 Å².